The number of carbonyl (C=O) groups excluding carboxylic acids is 1. The van der Waals surface area contributed by atoms with Crippen molar-refractivity contribution in [3.8, 4) is 0 Å². The van der Waals surface area contributed by atoms with Gasteiger partial charge in [-0.25, -0.2) is 0 Å². The smallest absolute Gasteiger partial charge is 0.230 e. The summed E-state index contributed by atoms with van der Waals surface area (Å²) in [5.74, 6) is 0.303. The van der Waals surface area contributed by atoms with Gasteiger partial charge in [-0.1, -0.05) is 60.2 Å². The fraction of sp³-hybridized carbons (Fsp3) is 0.316. The van der Waals surface area contributed by atoms with E-state index in [0.29, 0.717) is 0 Å². The molecule has 1 atom stereocenters. The Kier molecular flexibility index (Phi) is 4.05. The lowest BCUT2D eigenvalue weighted by molar-refractivity contribution is -0.135. The van der Waals surface area contributed by atoms with E-state index in [1.807, 2.05) is 23.1 Å². The predicted molar refractivity (Wildman–Crippen MR) is 85.0 cm³/mol. The lowest BCUT2D eigenvalue weighted by Crippen LogP contribution is -2.39. The summed E-state index contributed by atoms with van der Waals surface area (Å²) in [6.07, 6.45) is 2.05. The number of benzene rings is 2. The van der Waals surface area contributed by atoms with Gasteiger partial charge in [0.25, 0.3) is 0 Å². The SMILES string of the molecule is Cc1ccc(C2CCCN(Cc3ccccc3)C2=O)cc1. The summed E-state index contributed by atoms with van der Waals surface area (Å²) in [5, 5.41) is 0. The minimum atomic E-state index is 0.0306. The number of aryl methyl sites for hydroxylation is 1. The zero-order valence-electron chi connectivity index (χ0n) is 12.5. The molecule has 21 heavy (non-hydrogen) atoms. The molecule has 1 heterocycles. The summed E-state index contributed by atoms with van der Waals surface area (Å²) in [6.45, 7) is 3.67. The van der Waals surface area contributed by atoms with Crippen LogP contribution in [0.3, 0.4) is 0 Å². The van der Waals surface area contributed by atoms with E-state index in [1.54, 1.807) is 0 Å². The van der Waals surface area contributed by atoms with E-state index < -0.39 is 0 Å². The van der Waals surface area contributed by atoms with E-state index >= 15 is 0 Å². The van der Waals surface area contributed by atoms with Crippen molar-refractivity contribution in [2.24, 2.45) is 0 Å². The van der Waals surface area contributed by atoms with Gasteiger partial charge in [0.1, 0.15) is 0 Å². The maximum absolute atomic E-state index is 12.7. The summed E-state index contributed by atoms with van der Waals surface area (Å²) >= 11 is 0. The average Bonchev–Trinajstić information content (AvgIpc) is 2.52. The number of piperidine rings is 1. The predicted octanol–water partition coefficient (Wildman–Crippen LogP) is 3.90. The van der Waals surface area contributed by atoms with Crippen LogP contribution in [0.4, 0.5) is 0 Å². The van der Waals surface area contributed by atoms with Crippen molar-refractivity contribution >= 4 is 5.91 Å². The van der Waals surface area contributed by atoms with Crippen molar-refractivity contribution in [2.75, 3.05) is 6.54 Å². The molecule has 0 aliphatic carbocycles. The summed E-state index contributed by atoms with van der Waals surface area (Å²) in [6, 6.07) is 18.6. The third kappa shape index (κ3) is 3.15. The molecule has 0 saturated carbocycles. The molecular weight excluding hydrogens is 258 g/mol. The number of nitrogens with zero attached hydrogens (tertiary/aromatic N) is 1. The van der Waals surface area contributed by atoms with Crippen molar-refractivity contribution < 1.29 is 4.79 Å². The standard InChI is InChI=1S/C19H21NO/c1-15-9-11-17(12-10-15)18-8-5-13-20(19(18)21)14-16-6-3-2-4-7-16/h2-4,6-7,9-12,18H,5,8,13-14H2,1H3. The Labute approximate surface area is 126 Å². The largest absolute Gasteiger partial charge is 0.338 e. The van der Waals surface area contributed by atoms with Gasteiger partial charge in [-0.2, -0.15) is 0 Å². The second-order valence-corrected chi connectivity index (χ2v) is 5.85. The normalized spacial score (nSPS) is 18.8. The monoisotopic (exact) mass is 279 g/mol. The van der Waals surface area contributed by atoms with Crippen LogP contribution in [0.1, 0.15) is 35.4 Å². The van der Waals surface area contributed by atoms with Crippen molar-refractivity contribution in [3.05, 3.63) is 71.3 Å². The van der Waals surface area contributed by atoms with Crippen LogP contribution in [0.25, 0.3) is 0 Å². The molecule has 1 aliphatic heterocycles. The fourth-order valence-corrected chi connectivity index (χ4v) is 3.01. The molecule has 0 N–H and O–H groups in total. The first-order chi connectivity index (χ1) is 10.2. The van der Waals surface area contributed by atoms with E-state index in [0.717, 1.165) is 31.5 Å². The van der Waals surface area contributed by atoms with Gasteiger partial charge in [-0.15, -0.1) is 0 Å². The molecule has 1 unspecified atom stereocenters. The zero-order valence-corrected chi connectivity index (χ0v) is 12.5. The molecule has 2 nitrogen and oxygen atoms in total. The second-order valence-electron chi connectivity index (χ2n) is 5.85. The number of hydrogen-bond donors (Lipinski definition) is 0. The van der Waals surface area contributed by atoms with Crippen LogP contribution in [-0.4, -0.2) is 17.4 Å². The van der Waals surface area contributed by atoms with Crippen LogP contribution in [0.15, 0.2) is 54.6 Å². The highest BCUT2D eigenvalue weighted by Gasteiger charge is 2.29. The van der Waals surface area contributed by atoms with Gasteiger partial charge in [-0.3, -0.25) is 4.79 Å². The topological polar surface area (TPSA) is 20.3 Å². The number of hydrogen-bond acceptors (Lipinski definition) is 1. The molecule has 0 bridgehead atoms. The summed E-state index contributed by atoms with van der Waals surface area (Å²) in [5.41, 5.74) is 3.60. The molecule has 3 rings (SSSR count). The van der Waals surface area contributed by atoms with Crippen LogP contribution in [0, 0.1) is 6.92 Å². The van der Waals surface area contributed by atoms with Crippen LogP contribution in [-0.2, 0) is 11.3 Å². The summed E-state index contributed by atoms with van der Waals surface area (Å²) < 4.78 is 0. The molecule has 0 radical (unpaired) electrons. The third-order valence-corrected chi connectivity index (χ3v) is 4.23. The molecule has 2 heteroatoms. The maximum Gasteiger partial charge on any atom is 0.230 e. The van der Waals surface area contributed by atoms with Gasteiger partial charge in [0, 0.05) is 13.1 Å². The van der Waals surface area contributed by atoms with E-state index in [1.165, 1.54) is 11.1 Å². The Bertz CT molecular complexity index is 603. The molecule has 1 fully saturated rings. The first-order valence-corrected chi connectivity index (χ1v) is 7.63. The zero-order chi connectivity index (χ0) is 14.7. The molecule has 2 aromatic rings. The van der Waals surface area contributed by atoms with Crippen LogP contribution < -0.4 is 0 Å². The molecule has 0 spiro atoms. The fourth-order valence-electron chi connectivity index (χ4n) is 3.01. The molecule has 0 aromatic heterocycles. The van der Waals surface area contributed by atoms with Crippen LogP contribution >= 0.6 is 0 Å². The van der Waals surface area contributed by atoms with Gasteiger partial charge in [0.05, 0.1) is 5.92 Å². The van der Waals surface area contributed by atoms with Gasteiger partial charge in [0.15, 0.2) is 0 Å². The highest BCUT2D eigenvalue weighted by molar-refractivity contribution is 5.84. The molecule has 1 aliphatic rings. The second kappa shape index (κ2) is 6.13. The van der Waals surface area contributed by atoms with Crippen molar-refractivity contribution in [1.29, 1.82) is 0 Å². The summed E-state index contributed by atoms with van der Waals surface area (Å²) in [4.78, 5) is 14.7. The van der Waals surface area contributed by atoms with E-state index in [4.69, 9.17) is 0 Å². The first-order valence-electron chi connectivity index (χ1n) is 7.63. The highest BCUT2D eigenvalue weighted by atomic mass is 16.2. The Balaban J connectivity index is 1.76. The molecule has 108 valence electrons. The highest BCUT2D eigenvalue weighted by Crippen LogP contribution is 2.29. The molecule has 2 aromatic carbocycles. The van der Waals surface area contributed by atoms with Crippen molar-refractivity contribution in [1.82, 2.24) is 4.90 Å². The summed E-state index contributed by atoms with van der Waals surface area (Å²) in [7, 11) is 0. The van der Waals surface area contributed by atoms with Gasteiger partial charge >= 0.3 is 0 Å². The van der Waals surface area contributed by atoms with Crippen LogP contribution in [0.2, 0.25) is 0 Å². The maximum atomic E-state index is 12.7. The molecular formula is C19H21NO. The van der Waals surface area contributed by atoms with Crippen molar-refractivity contribution in [3.63, 3.8) is 0 Å². The Hall–Kier alpha value is -2.09. The lowest BCUT2D eigenvalue weighted by Gasteiger charge is -2.32. The van der Waals surface area contributed by atoms with E-state index in [2.05, 4.69) is 43.3 Å². The average molecular weight is 279 g/mol. The third-order valence-electron chi connectivity index (χ3n) is 4.23. The van der Waals surface area contributed by atoms with Gasteiger partial charge in [0.2, 0.25) is 5.91 Å². The lowest BCUT2D eigenvalue weighted by atomic mass is 9.89. The minimum Gasteiger partial charge on any atom is -0.338 e. The first kappa shape index (κ1) is 13.9. The number of likely N-dealkylation sites (tertiary alicyclic amines) is 1. The Morgan fingerprint density at radius 2 is 1.76 bits per heavy atom. The Morgan fingerprint density at radius 1 is 1.05 bits per heavy atom. The van der Waals surface area contributed by atoms with Crippen molar-refractivity contribution in [2.45, 2.75) is 32.2 Å². The van der Waals surface area contributed by atoms with Crippen LogP contribution in [0.5, 0.6) is 0 Å². The van der Waals surface area contributed by atoms with Gasteiger partial charge < -0.3 is 4.90 Å². The molecule has 1 saturated heterocycles. The van der Waals surface area contributed by atoms with E-state index in [9.17, 15) is 4.79 Å². The number of carbonyl (C=O) groups is 1. The number of rotatable bonds is 3. The number of amides is 1. The Morgan fingerprint density at radius 3 is 2.48 bits per heavy atom. The van der Waals surface area contributed by atoms with Gasteiger partial charge in [-0.05, 0) is 30.9 Å². The van der Waals surface area contributed by atoms with E-state index in [-0.39, 0.29) is 11.8 Å². The minimum absolute atomic E-state index is 0.0306. The quantitative estimate of drug-likeness (QED) is 0.834. The molecule has 1 amide bonds.